The molecule has 0 saturated heterocycles. The fourth-order valence-corrected chi connectivity index (χ4v) is 2.11. The van der Waals surface area contributed by atoms with Crippen LogP contribution in [-0.2, 0) is 0 Å². The van der Waals surface area contributed by atoms with Crippen LogP contribution in [0, 0.1) is 41.5 Å². The summed E-state index contributed by atoms with van der Waals surface area (Å²) >= 11 is 0. The Labute approximate surface area is 121 Å². The van der Waals surface area contributed by atoms with Gasteiger partial charge in [0, 0.05) is 0 Å². The molecule has 20 heavy (non-hydrogen) atoms. The molecule has 0 fully saturated rings. The average Bonchev–Trinajstić information content (AvgIpc) is 2.39. The molecule has 2 N–H and O–H groups in total. The minimum Gasteiger partial charge on any atom is -0.508 e. The van der Waals surface area contributed by atoms with E-state index in [2.05, 4.69) is 0 Å². The quantitative estimate of drug-likeness (QED) is 0.733. The molecule has 2 rings (SSSR count). The summed E-state index contributed by atoms with van der Waals surface area (Å²) in [7, 11) is 0. The third-order valence-electron chi connectivity index (χ3n) is 3.66. The highest BCUT2D eigenvalue weighted by Crippen LogP contribution is 2.22. The molecule has 0 aliphatic heterocycles. The first kappa shape index (κ1) is 16.1. The van der Waals surface area contributed by atoms with Gasteiger partial charge in [0.1, 0.15) is 11.5 Å². The molecule has 2 aromatic carbocycles. The van der Waals surface area contributed by atoms with Crippen LogP contribution in [0.3, 0.4) is 0 Å². The van der Waals surface area contributed by atoms with Crippen molar-refractivity contribution >= 4 is 0 Å². The van der Waals surface area contributed by atoms with E-state index in [1.165, 1.54) is 16.7 Å². The van der Waals surface area contributed by atoms with E-state index in [-0.39, 0.29) is 0 Å². The summed E-state index contributed by atoms with van der Waals surface area (Å²) < 4.78 is 0. The predicted octanol–water partition coefficient (Wildman–Crippen LogP) is 4.63. The maximum absolute atomic E-state index is 9.33. The van der Waals surface area contributed by atoms with Crippen molar-refractivity contribution in [2.45, 2.75) is 41.5 Å². The molecule has 0 saturated carbocycles. The van der Waals surface area contributed by atoms with Crippen molar-refractivity contribution in [1.82, 2.24) is 0 Å². The highest BCUT2D eigenvalue weighted by molar-refractivity contribution is 5.42. The Morgan fingerprint density at radius 3 is 1.60 bits per heavy atom. The molecule has 0 unspecified atom stereocenters. The van der Waals surface area contributed by atoms with Crippen LogP contribution in [0.4, 0.5) is 0 Å². The molecule has 0 aliphatic rings. The molecule has 0 heterocycles. The van der Waals surface area contributed by atoms with Gasteiger partial charge < -0.3 is 10.2 Å². The van der Waals surface area contributed by atoms with Gasteiger partial charge in [-0.3, -0.25) is 0 Å². The molecule has 108 valence electrons. The van der Waals surface area contributed by atoms with Gasteiger partial charge in [-0.25, -0.2) is 0 Å². The van der Waals surface area contributed by atoms with Gasteiger partial charge in [0.2, 0.25) is 0 Å². The maximum atomic E-state index is 9.33. The Balaban J connectivity index is 0.000000200. The fourth-order valence-electron chi connectivity index (χ4n) is 2.11. The lowest BCUT2D eigenvalue weighted by Crippen LogP contribution is -1.85. The fraction of sp³-hybridized carbons (Fsp3) is 0.333. The van der Waals surface area contributed by atoms with Crippen LogP contribution in [0.15, 0.2) is 24.3 Å². The largest absolute Gasteiger partial charge is 0.508 e. The van der Waals surface area contributed by atoms with E-state index in [9.17, 15) is 10.2 Å². The molecule has 2 nitrogen and oxygen atoms in total. The lowest BCUT2D eigenvalue weighted by atomic mass is 10.0. The van der Waals surface area contributed by atoms with Gasteiger partial charge in [0.05, 0.1) is 0 Å². The SMILES string of the molecule is Cc1cc(C)c(O)c(C)c1.Cc1ccc(O)c(C)c1C. The molecule has 0 atom stereocenters. The highest BCUT2D eigenvalue weighted by Gasteiger charge is 2.00. The molecule has 0 aromatic heterocycles. The van der Waals surface area contributed by atoms with Crippen molar-refractivity contribution < 1.29 is 10.2 Å². The summed E-state index contributed by atoms with van der Waals surface area (Å²) in [4.78, 5) is 0. The molecule has 0 bridgehead atoms. The first-order valence-electron chi connectivity index (χ1n) is 6.76. The van der Waals surface area contributed by atoms with Gasteiger partial charge >= 0.3 is 0 Å². The summed E-state index contributed by atoms with van der Waals surface area (Å²) in [6, 6.07) is 7.61. The molecule has 2 heteroatoms. The van der Waals surface area contributed by atoms with E-state index in [0.29, 0.717) is 11.5 Å². The second-order valence-electron chi connectivity index (χ2n) is 5.40. The molecular weight excluding hydrogens is 248 g/mol. The summed E-state index contributed by atoms with van der Waals surface area (Å²) in [6.07, 6.45) is 0. The Hall–Kier alpha value is -1.96. The van der Waals surface area contributed by atoms with E-state index >= 15 is 0 Å². The number of phenols is 2. The third-order valence-corrected chi connectivity index (χ3v) is 3.66. The number of rotatable bonds is 0. The normalized spacial score (nSPS) is 9.90. The summed E-state index contributed by atoms with van der Waals surface area (Å²) in [5.74, 6) is 0.814. The predicted molar refractivity (Wildman–Crippen MR) is 84.6 cm³/mol. The number of aryl methyl sites for hydroxylation is 4. The van der Waals surface area contributed by atoms with E-state index in [1.54, 1.807) is 6.07 Å². The molecule has 0 amide bonds. The highest BCUT2D eigenvalue weighted by atomic mass is 16.3. The second-order valence-corrected chi connectivity index (χ2v) is 5.40. The van der Waals surface area contributed by atoms with Gasteiger partial charge in [-0.1, -0.05) is 23.8 Å². The number of hydrogen-bond acceptors (Lipinski definition) is 2. The molecule has 2 aromatic rings. The second kappa shape index (κ2) is 6.47. The van der Waals surface area contributed by atoms with Crippen LogP contribution >= 0.6 is 0 Å². The first-order chi connectivity index (χ1) is 9.23. The van der Waals surface area contributed by atoms with Crippen molar-refractivity contribution in [3.05, 3.63) is 57.6 Å². The summed E-state index contributed by atoms with van der Waals surface area (Å²) in [5, 5.41) is 18.6. The summed E-state index contributed by atoms with van der Waals surface area (Å²) in [6.45, 7) is 11.8. The standard InChI is InChI=1S/2C9H12O/c1-6-4-7(2)9(10)8(3)5-6;1-6-4-5-9(10)8(3)7(6)2/h2*4-5,10H,1-3H3. The van der Waals surface area contributed by atoms with Gasteiger partial charge in [0.15, 0.2) is 0 Å². The van der Waals surface area contributed by atoms with Gasteiger partial charge in [0.25, 0.3) is 0 Å². The van der Waals surface area contributed by atoms with E-state index in [1.807, 2.05) is 59.7 Å². The topological polar surface area (TPSA) is 40.5 Å². The average molecular weight is 272 g/mol. The van der Waals surface area contributed by atoms with Crippen molar-refractivity contribution in [2.24, 2.45) is 0 Å². The lowest BCUT2D eigenvalue weighted by Gasteiger charge is -2.04. The summed E-state index contributed by atoms with van der Waals surface area (Å²) in [5.41, 5.74) is 6.51. The number of benzene rings is 2. The molecular formula is C18H24O2. The molecule has 0 spiro atoms. The third kappa shape index (κ3) is 3.77. The van der Waals surface area contributed by atoms with Crippen LogP contribution in [0.5, 0.6) is 11.5 Å². The van der Waals surface area contributed by atoms with E-state index in [0.717, 1.165) is 16.7 Å². The van der Waals surface area contributed by atoms with Gasteiger partial charge in [-0.05, 0) is 75.4 Å². The monoisotopic (exact) mass is 272 g/mol. The van der Waals surface area contributed by atoms with Gasteiger partial charge in [-0.15, -0.1) is 0 Å². The Morgan fingerprint density at radius 2 is 1.15 bits per heavy atom. The Bertz CT molecular complexity index is 563. The van der Waals surface area contributed by atoms with Crippen LogP contribution in [0.1, 0.15) is 33.4 Å². The zero-order chi connectivity index (χ0) is 15.4. The zero-order valence-corrected chi connectivity index (χ0v) is 13.2. The Kier molecular flexibility index (Phi) is 5.20. The molecule has 0 radical (unpaired) electrons. The first-order valence-corrected chi connectivity index (χ1v) is 6.76. The minimum absolute atomic E-state index is 0.392. The van der Waals surface area contributed by atoms with Crippen molar-refractivity contribution in [2.75, 3.05) is 0 Å². The van der Waals surface area contributed by atoms with Gasteiger partial charge in [-0.2, -0.15) is 0 Å². The Morgan fingerprint density at radius 1 is 0.650 bits per heavy atom. The van der Waals surface area contributed by atoms with Crippen LogP contribution in [-0.4, -0.2) is 10.2 Å². The van der Waals surface area contributed by atoms with E-state index < -0.39 is 0 Å². The van der Waals surface area contributed by atoms with Crippen LogP contribution in [0.2, 0.25) is 0 Å². The van der Waals surface area contributed by atoms with Crippen molar-refractivity contribution in [1.29, 1.82) is 0 Å². The molecule has 0 aliphatic carbocycles. The number of phenolic OH excluding ortho intramolecular Hbond substituents is 2. The van der Waals surface area contributed by atoms with Crippen molar-refractivity contribution in [3.8, 4) is 11.5 Å². The van der Waals surface area contributed by atoms with Crippen molar-refractivity contribution in [3.63, 3.8) is 0 Å². The number of aromatic hydroxyl groups is 2. The van der Waals surface area contributed by atoms with Crippen LogP contribution < -0.4 is 0 Å². The minimum atomic E-state index is 0.392. The lowest BCUT2D eigenvalue weighted by molar-refractivity contribution is 0.466. The van der Waals surface area contributed by atoms with E-state index in [4.69, 9.17) is 0 Å². The van der Waals surface area contributed by atoms with Crippen LogP contribution in [0.25, 0.3) is 0 Å². The zero-order valence-electron chi connectivity index (χ0n) is 13.2. The number of hydrogen-bond donors (Lipinski definition) is 2. The smallest absolute Gasteiger partial charge is 0.121 e. The maximum Gasteiger partial charge on any atom is 0.121 e.